The van der Waals surface area contributed by atoms with Crippen LogP contribution in [0.4, 0.5) is 5.82 Å². The van der Waals surface area contributed by atoms with Gasteiger partial charge in [-0.3, -0.25) is 0 Å². The maximum atomic E-state index is 13.2. The van der Waals surface area contributed by atoms with Gasteiger partial charge in [0, 0.05) is 52.0 Å². The molecule has 1 saturated heterocycles. The number of anilines is 1. The number of aromatic nitrogens is 2. The molecule has 29 heavy (non-hydrogen) atoms. The van der Waals surface area contributed by atoms with Gasteiger partial charge in [0.15, 0.2) is 0 Å². The first kappa shape index (κ1) is 21.5. The highest BCUT2D eigenvalue weighted by molar-refractivity contribution is 7.89. The molecule has 1 aliphatic heterocycles. The van der Waals surface area contributed by atoms with E-state index in [4.69, 9.17) is 4.74 Å². The Hall–Kier alpha value is -2.23. The smallest absolute Gasteiger partial charge is 0.243 e. The van der Waals surface area contributed by atoms with E-state index in [0.29, 0.717) is 36.7 Å². The summed E-state index contributed by atoms with van der Waals surface area (Å²) in [4.78, 5) is 13.1. The summed E-state index contributed by atoms with van der Waals surface area (Å²) >= 11 is 0. The van der Waals surface area contributed by atoms with Gasteiger partial charge in [0.25, 0.3) is 0 Å². The van der Waals surface area contributed by atoms with Crippen LogP contribution in [0.5, 0.6) is 5.75 Å². The lowest BCUT2D eigenvalue weighted by molar-refractivity contribution is 0.307. The summed E-state index contributed by atoms with van der Waals surface area (Å²) in [6.07, 6.45) is 2.26. The lowest BCUT2D eigenvalue weighted by atomic mass is 10.0. The summed E-state index contributed by atoms with van der Waals surface area (Å²) in [6, 6.07) is 8.53. The van der Waals surface area contributed by atoms with Crippen molar-refractivity contribution in [3.63, 3.8) is 0 Å². The molecule has 0 unspecified atom stereocenters. The van der Waals surface area contributed by atoms with E-state index in [9.17, 15) is 8.42 Å². The Labute approximate surface area is 173 Å². The van der Waals surface area contributed by atoms with Gasteiger partial charge in [0.1, 0.15) is 17.9 Å². The van der Waals surface area contributed by atoms with Crippen molar-refractivity contribution in [2.24, 2.45) is 5.92 Å². The Morgan fingerprint density at radius 2 is 1.86 bits per heavy atom. The molecular weight excluding hydrogens is 390 g/mol. The van der Waals surface area contributed by atoms with E-state index in [-0.39, 0.29) is 5.92 Å². The summed E-state index contributed by atoms with van der Waals surface area (Å²) in [6.45, 7) is 2.43. The molecule has 1 atom stereocenters. The molecule has 2 aromatic rings. The van der Waals surface area contributed by atoms with Gasteiger partial charge < -0.3 is 14.5 Å². The van der Waals surface area contributed by atoms with Gasteiger partial charge >= 0.3 is 0 Å². The standard InChI is InChI=1S/C20H29N5O3S/c1-23(2)20-12-17(21-15-22-20)11-16-13-24(3)9-10-25(14-16)29(26,27)19-7-5-18(28-4)6-8-19/h5-8,12,15-16H,9-11,13-14H2,1-4H3/t16-/m0/s1. The first-order valence-electron chi connectivity index (χ1n) is 9.60. The fourth-order valence-electron chi connectivity index (χ4n) is 3.53. The molecule has 1 fully saturated rings. The molecule has 158 valence electrons. The predicted octanol–water partition coefficient (Wildman–Crippen LogP) is 1.35. The van der Waals surface area contributed by atoms with Crippen molar-refractivity contribution in [2.75, 3.05) is 59.3 Å². The van der Waals surface area contributed by atoms with E-state index in [2.05, 4.69) is 14.9 Å². The average molecular weight is 420 g/mol. The van der Waals surface area contributed by atoms with E-state index >= 15 is 0 Å². The number of likely N-dealkylation sites (N-methyl/N-ethyl adjacent to an activating group) is 1. The Bertz CT molecular complexity index is 918. The number of methoxy groups -OCH3 is 1. The van der Waals surface area contributed by atoms with Gasteiger partial charge in [-0.2, -0.15) is 4.31 Å². The molecule has 0 bridgehead atoms. The topological polar surface area (TPSA) is 78.9 Å². The lowest BCUT2D eigenvalue weighted by Gasteiger charge is -2.24. The van der Waals surface area contributed by atoms with Gasteiger partial charge in [-0.25, -0.2) is 18.4 Å². The number of rotatable bonds is 6. The molecule has 0 N–H and O–H groups in total. The predicted molar refractivity (Wildman–Crippen MR) is 113 cm³/mol. The molecule has 3 rings (SSSR count). The second kappa shape index (κ2) is 9.06. The Balaban J connectivity index is 1.80. The van der Waals surface area contributed by atoms with E-state index in [0.717, 1.165) is 18.1 Å². The fraction of sp³-hybridized carbons (Fsp3) is 0.500. The first-order valence-corrected chi connectivity index (χ1v) is 11.0. The zero-order valence-electron chi connectivity index (χ0n) is 17.4. The molecule has 0 amide bonds. The second-order valence-corrected chi connectivity index (χ2v) is 9.57. The highest BCUT2D eigenvalue weighted by Gasteiger charge is 2.30. The Morgan fingerprint density at radius 3 is 2.52 bits per heavy atom. The number of sulfonamides is 1. The van der Waals surface area contributed by atoms with Crippen LogP contribution in [0.2, 0.25) is 0 Å². The maximum Gasteiger partial charge on any atom is 0.243 e. The molecular formula is C20H29N5O3S. The zero-order valence-corrected chi connectivity index (χ0v) is 18.3. The van der Waals surface area contributed by atoms with E-state index in [1.54, 1.807) is 42.0 Å². The highest BCUT2D eigenvalue weighted by Crippen LogP contribution is 2.23. The molecule has 9 heteroatoms. The number of benzene rings is 1. The van der Waals surface area contributed by atoms with Crippen LogP contribution in [0, 0.1) is 5.92 Å². The van der Waals surface area contributed by atoms with Crippen LogP contribution >= 0.6 is 0 Å². The Kier molecular flexibility index (Phi) is 6.71. The zero-order chi connectivity index (χ0) is 21.0. The summed E-state index contributed by atoms with van der Waals surface area (Å²) < 4.78 is 33.2. The van der Waals surface area contributed by atoms with Crippen LogP contribution in [-0.4, -0.2) is 82.0 Å². The highest BCUT2D eigenvalue weighted by atomic mass is 32.2. The third-order valence-electron chi connectivity index (χ3n) is 5.13. The Morgan fingerprint density at radius 1 is 1.14 bits per heavy atom. The van der Waals surface area contributed by atoms with Crippen LogP contribution in [0.1, 0.15) is 5.69 Å². The van der Waals surface area contributed by atoms with Crippen molar-refractivity contribution in [1.82, 2.24) is 19.2 Å². The van der Waals surface area contributed by atoms with E-state index in [1.165, 1.54) is 0 Å². The molecule has 8 nitrogen and oxygen atoms in total. The quantitative estimate of drug-likeness (QED) is 0.699. The molecule has 1 aliphatic rings. The van der Waals surface area contributed by atoms with Crippen molar-refractivity contribution >= 4 is 15.8 Å². The number of hydrogen-bond donors (Lipinski definition) is 0. The van der Waals surface area contributed by atoms with Gasteiger partial charge in [-0.1, -0.05) is 0 Å². The summed E-state index contributed by atoms with van der Waals surface area (Å²) in [5, 5.41) is 0. The minimum absolute atomic E-state index is 0.139. The van der Waals surface area contributed by atoms with Crippen LogP contribution in [0.3, 0.4) is 0 Å². The van der Waals surface area contributed by atoms with Crippen molar-refractivity contribution in [3.8, 4) is 5.75 Å². The SMILES string of the molecule is COc1ccc(S(=O)(=O)N2CCN(C)C[C@H](Cc3cc(N(C)C)ncn3)C2)cc1. The van der Waals surface area contributed by atoms with Crippen LogP contribution < -0.4 is 9.64 Å². The molecule has 1 aromatic heterocycles. The summed E-state index contributed by atoms with van der Waals surface area (Å²) in [5.41, 5.74) is 0.922. The molecule has 0 radical (unpaired) electrons. The van der Waals surface area contributed by atoms with Crippen molar-refractivity contribution in [2.45, 2.75) is 11.3 Å². The first-order chi connectivity index (χ1) is 13.8. The number of ether oxygens (including phenoxy) is 1. The van der Waals surface area contributed by atoms with Crippen molar-refractivity contribution < 1.29 is 13.2 Å². The van der Waals surface area contributed by atoms with Crippen LogP contribution in [0.15, 0.2) is 41.6 Å². The molecule has 1 aromatic carbocycles. The fourth-order valence-corrected chi connectivity index (χ4v) is 5.04. The summed E-state index contributed by atoms with van der Waals surface area (Å²) in [5.74, 6) is 1.62. The van der Waals surface area contributed by atoms with Gasteiger partial charge in [-0.15, -0.1) is 0 Å². The molecule has 2 heterocycles. The average Bonchev–Trinajstić information content (AvgIpc) is 2.89. The van der Waals surface area contributed by atoms with Crippen LogP contribution in [0.25, 0.3) is 0 Å². The third kappa shape index (κ3) is 5.23. The number of hydrogen-bond acceptors (Lipinski definition) is 7. The largest absolute Gasteiger partial charge is 0.497 e. The summed E-state index contributed by atoms with van der Waals surface area (Å²) in [7, 11) is 3.90. The van der Waals surface area contributed by atoms with Gasteiger partial charge in [0.05, 0.1) is 12.0 Å². The van der Waals surface area contributed by atoms with Crippen LogP contribution in [-0.2, 0) is 16.4 Å². The minimum Gasteiger partial charge on any atom is -0.497 e. The maximum absolute atomic E-state index is 13.2. The van der Waals surface area contributed by atoms with Crippen molar-refractivity contribution in [3.05, 3.63) is 42.4 Å². The third-order valence-corrected chi connectivity index (χ3v) is 7.00. The monoisotopic (exact) mass is 419 g/mol. The van der Waals surface area contributed by atoms with Gasteiger partial charge in [-0.05, 0) is 43.7 Å². The normalized spacial score (nSPS) is 19.0. The van der Waals surface area contributed by atoms with E-state index in [1.807, 2.05) is 32.1 Å². The molecule has 0 spiro atoms. The molecule has 0 aliphatic carbocycles. The van der Waals surface area contributed by atoms with E-state index < -0.39 is 10.0 Å². The minimum atomic E-state index is -3.57. The van der Waals surface area contributed by atoms with Crippen molar-refractivity contribution in [1.29, 1.82) is 0 Å². The lowest BCUT2D eigenvalue weighted by Crippen LogP contribution is -2.36. The van der Waals surface area contributed by atoms with Gasteiger partial charge in [0.2, 0.25) is 10.0 Å². The molecule has 0 saturated carbocycles. The number of nitrogens with zero attached hydrogens (tertiary/aromatic N) is 5. The second-order valence-electron chi connectivity index (χ2n) is 7.63.